The van der Waals surface area contributed by atoms with Crippen LogP contribution in [0.1, 0.15) is 29.2 Å². The van der Waals surface area contributed by atoms with E-state index in [1.54, 1.807) is 6.08 Å². The average molecular weight is 515 g/mol. The van der Waals surface area contributed by atoms with Crippen LogP contribution in [0.3, 0.4) is 0 Å². The number of anilines is 1. The Morgan fingerprint density at radius 2 is 1.88 bits per heavy atom. The monoisotopic (exact) mass is 513 g/mol. The number of rotatable bonds is 8. The van der Waals surface area contributed by atoms with Crippen molar-refractivity contribution >= 4 is 45.2 Å². The summed E-state index contributed by atoms with van der Waals surface area (Å²) in [6.45, 7) is 6.71. The zero-order chi connectivity index (χ0) is 23.1. The summed E-state index contributed by atoms with van der Waals surface area (Å²) in [6, 6.07) is 17.1. The molecular formula is C26H25BrClNO3. The van der Waals surface area contributed by atoms with E-state index in [0.29, 0.717) is 29.7 Å². The fourth-order valence-corrected chi connectivity index (χ4v) is 3.85. The largest absolute Gasteiger partial charge is 0.490 e. The van der Waals surface area contributed by atoms with E-state index in [1.165, 1.54) is 6.08 Å². The summed E-state index contributed by atoms with van der Waals surface area (Å²) in [6.07, 6.45) is 3.25. The van der Waals surface area contributed by atoms with Crippen molar-refractivity contribution < 1.29 is 14.3 Å². The summed E-state index contributed by atoms with van der Waals surface area (Å²) in [5.74, 6) is 0.971. The molecule has 1 amide bonds. The maximum atomic E-state index is 12.4. The van der Waals surface area contributed by atoms with Gasteiger partial charge in [0.05, 0.1) is 11.1 Å². The highest BCUT2D eigenvalue weighted by atomic mass is 79.9. The second kappa shape index (κ2) is 11.2. The van der Waals surface area contributed by atoms with Gasteiger partial charge in [0, 0.05) is 22.3 Å². The number of ether oxygens (including phenoxy) is 2. The Bertz CT molecular complexity index is 1140. The molecule has 1 N–H and O–H groups in total. The minimum absolute atomic E-state index is 0.202. The molecule has 0 aromatic heterocycles. The molecule has 0 aliphatic rings. The molecule has 0 spiro atoms. The molecule has 0 aliphatic carbocycles. The molecule has 0 radical (unpaired) electrons. The predicted molar refractivity (Wildman–Crippen MR) is 135 cm³/mol. The fraction of sp³-hybridized carbons (Fsp3) is 0.192. The lowest BCUT2D eigenvalue weighted by molar-refractivity contribution is -0.111. The number of hydrogen-bond donors (Lipinski definition) is 1. The molecule has 3 rings (SSSR count). The van der Waals surface area contributed by atoms with Gasteiger partial charge in [0.2, 0.25) is 5.91 Å². The van der Waals surface area contributed by atoms with Gasteiger partial charge in [0.1, 0.15) is 6.61 Å². The number of aryl methyl sites for hydroxylation is 1. The lowest BCUT2D eigenvalue weighted by Gasteiger charge is -2.15. The average Bonchev–Trinajstić information content (AvgIpc) is 2.76. The van der Waals surface area contributed by atoms with E-state index in [9.17, 15) is 4.79 Å². The van der Waals surface area contributed by atoms with Crippen molar-refractivity contribution in [1.29, 1.82) is 0 Å². The van der Waals surface area contributed by atoms with Crippen LogP contribution < -0.4 is 14.8 Å². The molecule has 6 heteroatoms. The van der Waals surface area contributed by atoms with E-state index >= 15 is 0 Å². The van der Waals surface area contributed by atoms with Crippen molar-refractivity contribution in [2.45, 2.75) is 27.4 Å². The van der Waals surface area contributed by atoms with E-state index in [4.69, 9.17) is 21.1 Å². The molecule has 0 aliphatic heterocycles. The third-order valence-electron chi connectivity index (χ3n) is 4.95. The number of carbonyl (C=O) groups is 1. The van der Waals surface area contributed by atoms with Gasteiger partial charge in [-0.25, -0.2) is 0 Å². The highest BCUT2D eigenvalue weighted by molar-refractivity contribution is 9.10. The van der Waals surface area contributed by atoms with Gasteiger partial charge in [0.25, 0.3) is 0 Å². The fourth-order valence-electron chi connectivity index (χ4n) is 3.09. The number of halogens is 2. The maximum absolute atomic E-state index is 12.4. The quantitative estimate of drug-likeness (QED) is 0.320. The van der Waals surface area contributed by atoms with Crippen LogP contribution >= 0.6 is 27.5 Å². The molecule has 32 heavy (non-hydrogen) atoms. The summed E-state index contributed by atoms with van der Waals surface area (Å²) in [4.78, 5) is 12.4. The Morgan fingerprint density at radius 3 is 2.62 bits per heavy atom. The summed E-state index contributed by atoms with van der Waals surface area (Å²) < 4.78 is 12.5. The topological polar surface area (TPSA) is 47.6 Å². The standard InChI is InChI=1S/C26H25BrClNO3/c1-4-31-24-15-19(12-13-25(30)29-23-11-7-8-17(2)18(23)3)14-21(27)26(24)32-16-20-9-5-6-10-22(20)28/h5-15H,4,16H2,1-3H3,(H,29,30)/b13-12+. The summed E-state index contributed by atoms with van der Waals surface area (Å²) in [7, 11) is 0. The van der Waals surface area contributed by atoms with Gasteiger partial charge in [-0.05, 0) is 83.7 Å². The van der Waals surface area contributed by atoms with Gasteiger partial charge in [0.15, 0.2) is 11.5 Å². The van der Waals surface area contributed by atoms with Crippen LogP contribution in [-0.2, 0) is 11.4 Å². The third-order valence-corrected chi connectivity index (χ3v) is 5.91. The first-order chi connectivity index (χ1) is 15.4. The molecule has 0 fully saturated rings. The van der Waals surface area contributed by atoms with Crippen molar-refractivity contribution in [2.75, 3.05) is 11.9 Å². The highest BCUT2D eigenvalue weighted by Crippen LogP contribution is 2.38. The zero-order valence-electron chi connectivity index (χ0n) is 18.2. The molecule has 166 valence electrons. The Hall–Kier alpha value is -2.76. The van der Waals surface area contributed by atoms with Gasteiger partial charge >= 0.3 is 0 Å². The van der Waals surface area contributed by atoms with Crippen LogP contribution in [0.5, 0.6) is 11.5 Å². The lowest BCUT2D eigenvalue weighted by atomic mass is 10.1. The first-order valence-corrected chi connectivity index (χ1v) is 11.4. The maximum Gasteiger partial charge on any atom is 0.248 e. The molecule has 3 aromatic carbocycles. The number of carbonyl (C=O) groups excluding carboxylic acids is 1. The predicted octanol–water partition coefficient (Wildman–Crippen LogP) is 7.35. The SMILES string of the molecule is CCOc1cc(/C=C/C(=O)Nc2cccc(C)c2C)cc(Br)c1OCc1ccccc1Cl. The summed E-state index contributed by atoms with van der Waals surface area (Å²) >= 11 is 9.80. The minimum atomic E-state index is -0.202. The molecule has 0 saturated carbocycles. The molecule has 3 aromatic rings. The van der Waals surface area contributed by atoms with E-state index in [2.05, 4.69) is 21.2 Å². The Kier molecular flexibility index (Phi) is 8.37. The highest BCUT2D eigenvalue weighted by Gasteiger charge is 2.13. The van der Waals surface area contributed by atoms with Crippen LogP contribution in [0.4, 0.5) is 5.69 Å². The molecule has 0 heterocycles. The van der Waals surface area contributed by atoms with Gasteiger partial charge in [-0.1, -0.05) is 41.9 Å². The van der Waals surface area contributed by atoms with Gasteiger partial charge in [-0.2, -0.15) is 0 Å². The smallest absolute Gasteiger partial charge is 0.248 e. The second-order valence-electron chi connectivity index (χ2n) is 7.21. The zero-order valence-corrected chi connectivity index (χ0v) is 20.6. The Labute approximate surface area is 202 Å². The molecule has 0 bridgehead atoms. The van der Waals surface area contributed by atoms with E-state index in [-0.39, 0.29) is 5.91 Å². The molecule has 0 atom stereocenters. The lowest BCUT2D eigenvalue weighted by Crippen LogP contribution is -2.09. The van der Waals surface area contributed by atoms with Gasteiger partial charge < -0.3 is 14.8 Å². The van der Waals surface area contributed by atoms with Crippen molar-refractivity contribution in [1.82, 2.24) is 0 Å². The minimum Gasteiger partial charge on any atom is -0.490 e. The van der Waals surface area contributed by atoms with Gasteiger partial charge in [-0.15, -0.1) is 0 Å². The Balaban J connectivity index is 1.76. The molecular weight excluding hydrogens is 490 g/mol. The summed E-state index contributed by atoms with van der Waals surface area (Å²) in [5.41, 5.74) is 4.68. The van der Waals surface area contributed by atoms with Gasteiger partial charge in [-0.3, -0.25) is 4.79 Å². The number of benzene rings is 3. The Morgan fingerprint density at radius 1 is 1.09 bits per heavy atom. The number of nitrogens with one attached hydrogen (secondary N) is 1. The first-order valence-electron chi connectivity index (χ1n) is 10.3. The van der Waals surface area contributed by atoms with Crippen LogP contribution in [0, 0.1) is 13.8 Å². The second-order valence-corrected chi connectivity index (χ2v) is 8.47. The molecule has 0 saturated heterocycles. The summed E-state index contributed by atoms with van der Waals surface area (Å²) in [5, 5.41) is 3.57. The van der Waals surface area contributed by atoms with Crippen molar-refractivity contribution in [3.05, 3.63) is 92.4 Å². The van der Waals surface area contributed by atoms with Crippen LogP contribution in [0.15, 0.2) is 65.1 Å². The van der Waals surface area contributed by atoms with Crippen LogP contribution in [0.2, 0.25) is 5.02 Å². The van der Waals surface area contributed by atoms with Crippen molar-refractivity contribution in [2.24, 2.45) is 0 Å². The first kappa shape index (κ1) is 23.9. The van der Waals surface area contributed by atoms with E-state index in [1.807, 2.05) is 75.4 Å². The number of hydrogen-bond acceptors (Lipinski definition) is 3. The molecule has 4 nitrogen and oxygen atoms in total. The van der Waals surface area contributed by atoms with Crippen molar-refractivity contribution in [3.63, 3.8) is 0 Å². The third kappa shape index (κ3) is 6.15. The normalized spacial score (nSPS) is 10.9. The van der Waals surface area contributed by atoms with Crippen molar-refractivity contribution in [3.8, 4) is 11.5 Å². The van der Waals surface area contributed by atoms with E-state index < -0.39 is 0 Å². The van der Waals surface area contributed by atoms with E-state index in [0.717, 1.165) is 32.4 Å². The number of amides is 1. The van der Waals surface area contributed by atoms with Crippen LogP contribution in [0.25, 0.3) is 6.08 Å². The van der Waals surface area contributed by atoms with Crippen LogP contribution in [-0.4, -0.2) is 12.5 Å². The molecule has 0 unspecified atom stereocenters.